The van der Waals surface area contributed by atoms with Crippen molar-refractivity contribution < 1.29 is 24.0 Å². The van der Waals surface area contributed by atoms with E-state index in [0.717, 1.165) is 84.7 Å². The van der Waals surface area contributed by atoms with Gasteiger partial charge in [-0.2, -0.15) is 5.10 Å². The van der Waals surface area contributed by atoms with Gasteiger partial charge in [0.2, 0.25) is 11.8 Å². The van der Waals surface area contributed by atoms with Crippen LogP contribution >= 0.6 is 0 Å². The number of primary amides is 1. The van der Waals surface area contributed by atoms with Gasteiger partial charge < -0.3 is 25.6 Å². The number of anilines is 2. The lowest BCUT2D eigenvalue weighted by atomic mass is 10.0. The number of aldehydes is 1. The van der Waals surface area contributed by atoms with Crippen molar-refractivity contribution in [2.75, 3.05) is 49.6 Å². The molecule has 2 fully saturated rings. The Morgan fingerprint density at radius 1 is 1.02 bits per heavy atom. The Morgan fingerprint density at radius 2 is 1.85 bits per heavy atom. The first-order valence-corrected chi connectivity index (χ1v) is 18.3. The molecule has 7 rings (SSSR count). The summed E-state index contributed by atoms with van der Waals surface area (Å²) in [5, 5.41) is 11.3. The van der Waals surface area contributed by atoms with E-state index in [1.54, 1.807) is 18.2 Å². The van der Waals surface area contributed by atoms with Crippen molar-refractivity contribution >= 4 is 52.3 Å². The van der Waals surface area contributed by atoms with Crippen LogP contribution in [0.5, 0.6) is 0 Å². The molecule has 15 nitrogen and oxygen atoms in total. The number of hydrogen-bond donors (Lipinski definition) is 3. The lowest BCUT2D eigenvalue weighted by molar-refractivity contribution is -0.132. The van der Waals surface area contributed by atoms with E-state index in [1.807, 2.05) is 40.3 Å². The normalized spacial score (nSPS) is 16.7. The van der Waals surface area contributed by atoms with E-state index in [0.29, 0.717) is 38.0 Å². The number of carbonyl (C=O) groups is 5. The second-order valence-electron chi connectivity index (χ2n) is 13.8. The van der Waals surface area contributed by atoms with Crippen molar-refractivity contribution in [3.8, 4) is 11.3 Å². The molecule has 5 heterocycles. The van der Waals surface area contributed by atoms with Crippen molar-refractivity contribution in [2.24, 2.45) is 5.73 Å². The van der Waals surface area contributed by atoms with Gasteiger partial charge in [-0.25, -0.2) is 4.98 Å². The molecule has 0 aliphatic carbocycles. The van der Waals surface area contributed by atoms with E-state index in [9.17, 15) is 24.0 Å². The van der Waals surface area contributed by atoms with Crippen LogP contribution in [0.4, 0.5) is 11.4 Å². The smallest absolute Gasteiger partial charge is 0.262 e. The summed E-state index contributed by atoms with van der Waals surface area (Å²) >= 11 is 0. The zero-order valence-corrected chi connectivity index (χ0v) is 29.6. The molecule has 0 bridgehead atoms. The molecule has 0 spiro atoms. The molecule has 15 heteroatoms. The molecule has 3 aliphatic rings. The standard InChI is InChI=1S/C38H44N10O5/c39-36(51)33(8-5-19-49)48-37(52)28-11-10-26(20-29(28)38(48)53)41-14-3-1-2-9-34(50)45-16-12-27(13-17-45)47-23-25(21-43-47)31-22-42-30-6-4-7-32(35(30)44-31)46-18-15-40-24-46/h4,6-7,10-11,19-23,27,33,40-41H,1-3,5,8-9,12-18,24H2,(H2,39,51). The zero-order valence-electron chi connectivity index (χ0n) is 29.6. The Hall–Kier alpha value is -5.70. The molecule has 3 aliphatic heterocycles. The number of benzene rings is 2. The van der Waals surface area contributed by atoms with Crippen molar-refractivity contribution in [2.45, 2.75) is 63.5 Å². The third kappa shape index (κ3) is 7.61. The van der Waals surface area contributed by atoms with E-state index in [2.05, 4.69) is 26.7 Å². The number of nitrogens with two attached hydrogens (primary N) is 1. The minimum absolute atomic E-state index is 0.00771. The third-order valence-corrected chi connectivity index (χ3v) is 10.4. The van der Waals surface area contributed by atoms with Crippen LogP contribution in [0, 0.1) is 0 Å². The number of likely N-dealkylation sites (tertiary alicyclic amines) is 1. The van der Waals surface area contributed by atoms with Crippen LogP contribution in [0.25, 0.3) is 22.3 Å². The van der Waals surface area contributed by atoms with Gasteiger partial charge in [0.05, 0.1) is 53.1 Å². The van der Waals surface area contributed by atoms with E-state index in [-0.39, 0.29) is 35.9 Å². The van der Waals surface area contributed by atoms with Crippen LogP contribution in [0.15, 0.2) is 55.0 Å². The van der Waals surface area contributed by atoms with Gasteiger partial charge in [0.25, 0.3) is 11.8 Å². The molecule has 1 atom stereocenters. The number of aromatic nitrogens is 4. The Bertz CT molecular complexity index is 2020. The first kappa shape index (κ1) is 35.7. The number of unbranched alkanes of at least 4 members (excludes halogenated alkanes) is 2. The summed E-state index contributed by atoms with van der Waals surface area (Å²) in [5.74, 6) is -1.85. The Morgan fingerprint density at radius 3 is 2.62 bits per heavy atom. The highest BCUT2D eigenvalue weighted by molar-refractivity contribution is 6.23. The molecule has 1 unspecified atom stereocenters. The van der Waals surface area contributed by atoms with Gasteiger partial charge in [-0.15, -0.1) is 0 Å². The average Bonchev–Trinajstić information content (AvgIpc) is 3.95. The number of hydrogen-bond acceptors (Lipinski definition) is 11. The van der Waals surface area contributed by atoms with E-state index in [1.165, 1.54) is 0 Å². The largest absolute Gasteiger partial charge is 0.385 e. The Balaban J connectivity index is 0.839. The third-order valence-electron chi connectivity index (χ3n) is 10.4. The highest BCUT2D eigenvalue weighted by Gasteiger charge is 2.42. The van der Waals surface area contributed by atoms with Crippen LogP contribution in [0.3, 0.4) is 0 Å². The number of piperidine rings is 1. The summed E-state index contributed by atoms with van der Waals surface area (Å²) < 4.78 is 2.00. The molecule has 4 N–H and O–H groups in total. The lowest BCUT2D eigenvalue weighted by Crippen LogP contribution is -2.47. The van der Waals surface area contributed by atoms with E-state index in [4.69, 9.17) is 15.7 Å². The highest BCUT2D eigenvalue weighted by atomic mass is 16.2. The minimum Gasteiger partial charge on any atom is -0.385 e. The summed E-state index contributed by atoms with van der Waals surface area (Å²) in [7, 11) is 0. The number of carbonyl (C=O) groups excluding carboxylic acids is 5. The van der Waals surface area contributed by atoms with Crippen molar-refractivity contribution in [1.29, 1.82) is 0 Å². The van der Waals surface area contributed by atoms with Gasteiger partial charge in [-0.3, -0.25) is 39.1 Å². The summed E-state index contributed by atoms with van der Waals surface area (Å²) in [4.78, 5) is 76.5. The van der Waals surface area contributed by atoms with Crippen molar-refractivity contribution in [3.63, 3.8) is 0 Å². The first-order chi connectivity index (χ1) is 25.8. The molecule has 2 saturated heterocycles. The van der Waals surface area contributed by atoms with Gasteiger partial charge in [0.1, 0.15) is 17.8 Å². The fraction of sp³-hybridized carbons (Fsp3) is 0.421. The van der Waals surface area contributed by atoms with Crippen LogP contribution < -0.4 is 21.3 Å². The minimum atomic E-state index is -1.17. The van der Waals surface area contributed by atoms with Crippen LogP contribution in [0.2, 0.25) is 0 Å². The van der Waals surface area contributed by atoms with Gasteiger partial charge >= 0.3 is 0 Å². The second kappa shape index (κ2) is 15.9. The molecular formula is C38H44N10O5. The SMILES string of the molecule is NC(=O)C(CCC=O)N1C(=O)c2ccc(NCCCCCC(=O)N3CCC(n4cc(-c5cnc6cccc(N7CCNC7)c6n5)cn4)CC3)cc2C1=O. The average molecular weight is 721 g/mol. The first-order valence-electron chi connectivity index (χ1n) is 18.3. The maximum atomic E-state index is 13.0. The molecule has 53 heavy (non-hydrogen) atoms. The predicted octanol–water partition coefficient (Wildman–Crippen LogP) is 3.13. The Kier molecular flexibility index (Phi) is 10.7. The maximum Gasteiger partial charge on any atom is 0.262 e. The predicted molar refractivity (Wildman–Crippen MR) is 198 cm³/mol. The molecule has 0 saturated carbocycles. The number of para-hydroxylation sites is 1. The van der Waals surface area contributed by atoms with Crippen LogP contribution in [-0.4, -0.2) is 105 Å². The monoisotopic (exact) mass is 720 g/mol. The molecule has 276 valence electrons. The molecule has 4 aromatic rings. The molecule has 4 amide bonds. The van der Waals surface area contributed by atoms with Gasteiger partial charge in [0.15, 0.2) is 0 Å². The van der Waals surface area contributed by atoms with Crippen molar-refractivity contribution in [1.82, 2.24) is 34.9 Å². The summed E-state index contributed by atoms with van der Waals surface area (Å²) in [6, 6.07) is 10.0. The van der Waals surface area contributed by atoms with E-state index >= 15 is 0 Å². The molecule has 2 aromatic carbocycles. The summed E-state index contributed by atoms with van der Waals surface area (Å²) in [6.45, 7) is 4.69. The van der Waals surface area contributed by atoms with Gasteiger partial charge in [-0.05, 0) is 62.4 Å². The van der Waals surface area contributed by atoms with Crippen molar-refractivity contribution in [3.05, 3.63) is 66.1 Å². The van der Waals surface area contributed by atoms with E-state index < -0.39 is 23.8 Å². The second-order valence-corrected chi connectivity index (χ2v) is 13.8. The number of rotatable bonds is 15. The number of nitrogens with zero attached hydrogens (tertiary/aromatic N) is 7. The number of nitrogens with one attached hydrogen (secondary N) is 2. The number of fused-ring (bicyclic) bond motifs is 2. The maximum absolute atomic E-state index is 13.0. The fourth-order valence-electron chi connectivity index (χ4n) is 7.42. The van der Waals surface area contributed by atoms with Gasteiger partial charge in [-0.1, -0.05) is 12.5 Å². The lowest BCUT2D eigenvalue weighted by Gasteiger charge is -2.32. The molecular weight excluding hydrogens is 676 g/mol. The number of amides is 4. The van der Waals surface area contributed by atoms with Crippen LogP contribution in [-0.2, 0) is 14.4 Å². The quantitative estimate of drug-likeness (QED) is 0.0930. The Labute approximate surface area is 306 Å². The fourth-order valence-corrected chi connectivity index (χ4v) is 7.42. The number of imide groups is 1. The topological polar surface area (TPSA) is 189 Å². The zero-order chi connectivity index (χ0) is 36.9. The summed E-state index contributed by atoms with van der Waals surface area (Å²) in [6.07, 6.45) is 10.9. The molecule has 2 aromatic heterocycles. The van der Waals surface area contributed by atoms with Gasteiger partial charge in [0, 0.05) is 63.0 Å². The molecule has 0 radical (unpaired) electrons. The van der Waals surface area contributed by atoms with Crippen LogP contribution in [0.1, 0.15) is 78.1 Å². The highest BCUT2D eigenvalue weighted by Crippen LogP contribution is 2.30. The summed E-state index contributed by atoms with van der Waals surface area (Å²) in [5.41, 5.74) is 11.1.